The van der Waals surface area contributed by atoms with Crippen molar-refractivity contribution in [3.8, 4) is 11.5 Å². The highest BCUT2D eigenvalue weighted by atomic mass is 16.5. The molecular weight excluding hydrogens is 358 g/mol. The molecule has 2 aromatic rings. The van der Waals surface area contributed by atoms with Crippen molar-refractivity contribution in [3.63, 3.8) is 0 Å². The number of methoxy groups -OCH3 is 1. The van der Waals surface area contributed by atoms with Gasteiger partial charge in [0.25, 0.3) is 5.56 Å². The third-order valence-electron chi connectivity index (χ3n) is 5.78. The van der Waals surface area contributed by atoms with Gasteiger partial charge in [-0.25, -0.2) is 4.68 Å². The summed E-state index contributed by atoms with van der Waals surface area (Å²) < 4.78 is 12.5. The van der Waals surface area contributed by atoms with Gasteiger partial charge in [-0.05, 0) is 50.3 Å². The van der Waals surface area contributed by atoms with E-state index in [2.05, 4.69) is 5.10 Å². The van der Waals surface area contributed by atoms with Crippen molar-refractivity contribution in [2.75, 3.05) is 13.7 Å². The lowest BCUT2D eigenvalue weighted by Crippen LogP contribution is -2.49. The van der Waals surface area contributed by atoms with Gasteiger partial charge < -0.3 is 14.4 Å². The molecular formula is C21H25N3O4. The lowest BCUT2D eigenvalue weighted by molar-refractivity contribution is -0.137. The molecule has 0 unspecified atom stereocenters. The quantitative estimate of drug-likeness (QED) is 0.763. The Morgan fingerprint density at radius 3 is 2.86 bits per heavy atom. The van der Waals surface area contributed by atoms with Crippen LogP contribution in [-0.2, 0) is 11.3 Å². The van der Waals surface area contributed by atoms with Gasteiger partial charge in [-0.15, -0.1) is 0 Å². The fraction of sp³-hybridized carbons (Fsp3) is 0.476. The van der Waals surface area contributed by atoms with Gasteiger partial charge in [-0.3, -0.25) is 9.59 Å². The molecule has 2 bridgehead atoms. The number of ether oxygens (including phenoxy) is 2. The number of rotatable bonds is 6. The van der Waals surface area contributed by atoms with E-state index < -0.39 is 0 Å². The number of likely N-dealkylation sites (tertiary alicyclic amines) is 1. The normalized spacial score (nSPS) is 23.1. The summed E-state index contributed by atoms with van der Waals surface area (Å²) in [6.45, 7) is 2.22. The maximum absolute atomic E-state index is 13.0. The number of carbonyl (C=O) groups is 1. The van der Waals surface area contributed by atoms with Crippen LogP contribution in [0.3, 0.4) is 0 Å². The highest BCUT2D eigenvalue weighted by Gasteiger charge is 2.48. The van der Waals surface area contributed by atoms with Crippen LogP contribution < -0.4 is 15.0 Å². The standard InChI is InChI=1S/C21H25N3O4/c1-14-6-9-20(25)23(22-14)12-21(26)24-16-8-7-15(10-16)19(24)13-28-18-5-3-4-17(11-18)27-2/h3-6,9,11,15-16,19H,7-8,10,12-13H2,1-2H3/t15-,16-,19-/m1/s1. The van der Waals surface area contributed by atoms with Crippen molar-refractivity contribution in [3.05, 3.63) is 52.4 Å². The molecule has 28 heavy (non-hydrogen) atoms. The largest absolute Gasteiger partial charge is 0.497 e. The molecule has 1 amide bonds. The van der Waals surface area contributed by atoms with Crippen LogP contribution in [0.4, 0.5) is 0 Å². The van der Waals surface area contributed by atoms with E-state index in [1.807, 2.05) is 36.1 Å². The Morgan fingerprint density at radius 1 is 1.21 bits per heavy atom. The second-order valence-corrected chi connectivity index (χ2v) is 7.56. The molecule has 1 aromatic carbocycles. The summed E-state index contributed by atoms with van der Waals surface area (Å²) in [5, 5.41) is 4.20. The van der Waals surface area contributed by atoms with E-state index in [4.69, 9.17) is 9.47 Å². The van der Waals surface area contributed by atoms with Crippen molar-refractivity contribution < 1.29 is 14.3 Å². The van der Waals surface area contributed by atoms with Gasteiger partial charge in [-0.1, -0.05) is 6.07 Å². The Labute approximate surface area is 163 Å². The molecule has 4 rings (SSSR count). The molecule has 3 atom stereocenters. The number of benzene rings is 1. The average molecular weight is 383 g/mol. The fourth-order valence-corrected chi connectivity index (χ4v) is 4.44. The minimum absolute atomic E-state index is 0.0259. The summed E-state index contributed by atoms with van der Waals surface area (Å²) in [5.74, 6) is 1.85. The molecule has 2 fully saturated rings. The molecule has 1 aromatic heterocycles. The molecule has 7 heteroatoms. The minimum atomic E-state index is -0.257. The molecule has 1 aliphatic carbocycles. The Bertz CT molecular complexity index is 926. The van der Waals surface area contributed by atoms with Crippen molar-refractivity contribution >= 4 is 5.91 Å². The maximum Gasteiger partial charge on any atom is 0.267 e. The minimum Gasteiger partial charge on any atom is -0.497 e. The van der Waals surface area contributed by atoms with Crippen molar-refractivity contribution in [1.29, 1.82) is 0 Å². The van der Waals surface area contributed by atoms with E-state index in [0.717, 1.165) is 30.8 Å². The zero-order chi connectivity index (χ0) is 19.7. The zero-order valence-corrected chi connectivity index (χ0v) is 16.2. The maximum atomic E-state index is 13.0. The number of carbonyl (C=O) groups excluding carboxylic acids is 1. The lowest BCUT2D eigenvalue weighted by atomic mass is 9.99. The van der Waals surface area contributed by atoms with Crippen molar-refractivity contribution in [2.45, 2.75) is 44.8 Å². The van der Waals surface area contributed by atoms with E-state index in [9.17, 15) is 9.59 Å². The van der Waals surface area contributed by atoms with Crippen LogP contribution in [0.1, 0.15) is 25.0 Å². The SMILES string of the molecule is COc1cccc(OC[C@@H]2[C@@H]3CC[C@H](C3)N2C(=O)Cn2nc(C)ccc2=O)c1. The molecule has 1 aliphatic heterocycles. The smallest absolute Gasteiger partial charge is 0.267 e. The first-order valence-electron chi connectivity index (χ1n) is 9.68. The Kier molecular flexibility index (Phi) is 5.07. The number of nitrogens with zero attached hydrogens (tertiary/aromatic N) is 3. The van der Waals surface area contributed by atoms with Crippen molar-refractivity contribution in [1.82, 2.24) is 14.7 Å². The summed E-state index contributed by atoms with van der Waals surface area (Å²) in [4.78, 5) is 27.0. The van der Waals surface area contributed by atoms with Crippen LogP contribution in [0.15, 0.2) is 41.2 Å². The Morgan fingerprint density at radius 2 is 2.04 bits per heavy atom. The van der Waals surface area contributed by atoms with E-state index >= 15 is 0 Å². The second kappa shape index (κ2) is 7.66. The van der Waals surface area contributed by atoms with E-state index in [1.54, 1.807) is 13.2 Å². The van der Waals surface area contributed by atoms with Crippen LogP contribution in [0.25, 0.3) is 0 Å². The number of aromatic nitrogens is 2. The monoisotopic (exact) mass is 383 g/mol. The van der Waals surface area contributed by atoms with Crippen LogP contribution in [0.2, 0.25) is 0 Å². The summed E-state index contributed by atoms with van der Waals surface area (Å²) >= 11 is 0. The second-order valence-electron chi connectivity index (χ2n) is 7.56. The van der Waals surface area contributed by atoms with Crippen LogP contribution >= 0.6 is 0 Å². The Hall–Kier alpha value is -2.83. The van der Waals surface area contributed by atoms with Crippen LogP contribution in [-0.4, -0.2) is 46.4 Å². The topological polar surface area (TPSA) is 73.7 Å². The van der Waals surface area contributed by atoms with Gasteiger partial charge in [0.2, 0.25) is 5.91 Å². The molecule has 1 saturated heterocycles. The fourth-order valence-electron chi connectivity index (χ4n) is 4.44. The summed E-state index contributed by atoms with van der Waals surface area (Å²) in [6, 6.07) is 10.9. The van der Waals surface area contributed by atoms with Crippen LogP contribution in [0, 0.1) is 12.8 Å². The van der Waals surface area contributed by atoms with E-state index in [-0.39, 0.29) is 30.1 Å². The first-order chi connectivity index (χ1) is 13.5. The molecule has 1 saturated carbocycles. The van der Waals surface area contributed by atoms with Gasteiger partial charge in [0, 0.05) is 18.2 Å². The van der Waals surface area contributed by atoms with Crippen molar-refractivity contribution in [2.24, 2.45) is 5.92 Å². The summed E-state index contributed by atoms with van der Waals surface area (Å²) in [7, 11) is 1.62. The van der Waals surface area contributed by atoms with Crippen LogP contribution in [0.5, 0.6) is 11.5 Å². The zero-order valence-electron chi connectivity index (χ0n) is 16.2. The first kappa shape index (κ1) is 18.5. The van der Waals surface area contributed by atoms with Gasteiger partial charge in [0.1, 0.15) is 24.7 Å². The van der Waals surface area contributed by atoms with E-state index in [0.29, 0.717) is 18.2 Å². The highest BCUT2D eigenvalue weighted by Crippen LogP contribution is 2.42. The molecule has 0 spiro atoms. The summed E-state index contributed by atoms with van der Waals surface area (Å²) in [6.07, 6.45) is 3.14. The first-order valence-corrected chi connectivity index (χ1v) is 9.68. The van der Waals surface area contributed by atoms with E-state index in [1.165, 1.54) is 10.7 Å². The summed E-state index contributed by atoms with van der Waals surface area (Å²) in [5.41, 5.74) is 0.459. The molecule has 2 heterocycles. The molecule has 148 valence electrons. The number of fused-ring (bicyclic) bond motifs is 2. The molecule has 0 N–H and O–H groups in total. The number of hydrogen-bond donors (Lipinski definition) is 0. The third-order valence-corrected chi connectivity index (χ3v) is 5.78. The lowest BCUT2D eigenvalue weighted by Gasteiger charge is -2.35. The Balaban J connectivity index is 1.48. The number of piperidine rings is 1. The van der Waals surface area contributed by atoms with Gasteiger partial charge >= 0.3 is 0 Å². The highest BCUT2D eigenvalue weighted by molar-refractivity contribution is 5.77. The molecule has 2 aliphatic rings. The third kappa shape index (κ3) is 3.61. The molecule has 0 radical (unpaired) electrons. The van der Waals surface area contributed by atoms with Gasteiger partial charge in [0.15, 0.2) is 0 Å². The van der Waals surface area contributed by atoms with Gasteiger partial charge in [0.05, 0.1) is 18.8 Å². The predicted octanol–water partition coefficient (Wildman–Crippen LogP) is 2.02. The number of aryl methyl sites for hydroxylation is 1. The number of amides is 1. The van der Waals surface area contributed by atoms with Gasteiger partial charge in [-0.2, -0.15) is 5.10 Å². The predicted molar refractivity (Wildman–Crippen MR) is 103 cm³/mol. The number of hydrogen-bond acceptors (Lipinski definition) is 5. The average Bonchev–Trinajstić information content (AvgIpc) is 3.31. The molecule has 7 nitrogen and oxygen atoms in total.